The highest BCUT2D eigenvalue weighted by molar-refractivity contribution is 4.83. The van der Waals surface area contributed by atoms with Gasteiger partial charge in [-0.3, -0.25) is 4.90 Å². The van der Waals surface area contributed by atoms with Crippen LogP contribution in [0.2, 0.25) is 0 Å². The van der Waals surface area contributed by atoms with Gasteiger partial charge >= 0.3 is 6.18 Å². The Morgan fingerprint density at radius 3 is 2.44 bits per heavy atom. The number of nitrogens with zero attached hydrogens (tertiary/aromatic N) is 1. The van der Waals surface area contributed by atoms with Crippen molar-refractivity contribution in [2.45, 2.75) is 57.8 Å². The Bertz CT molecular complexity index is 241. The van der Waals surface area contributed by atoms with E-state index in [0.717, 1.165) is 19.3 Å². The smallest absolute Gasteiger partial charge is 0.317 e. The van der Waals surface area contributed by atoms with Crippen LogP contribution in [0.15, 0.2) is 0 Å². The number of halogens is 3. The average Bonchev–Trinajstić information content (AvgIpc) is 2.69. The van der Waals surface area contributed by atoms with Gasteiger partial charge in [-0.1, -0.05) is 6.42 Å². The molecular formula is C13H25F3N2. The zero-order valence-corrected chi connectivity index (χ0v) is 11.6. The molecule has 0 aromatic rings. The summed E-state index contributed by atoms with van der Waals surface area (Å²) in [6.07, 6.45) is 0.255. The monoisotopic (exact) mass is 266 g/mol. The molecule has 1 aliphatic carbocycles. The van der Waals surface area contributed by atoms with Gasteiger partial charge < -0.3 is 5.32 Å². The maximum Gasteiger partial charge on any atom is 0.401 e. The third-order valence-electron chi connectivity index (χ3n) is 3.93. The van der Waals surface area contributed by atoms with Crippen molar-refractivity contribution in [3.05, 3.63) is 0 Å². The first-order chi connectivity index (χ1) is 8.33. The summed E-state index contributed by atoms with van der Waals surface area (Å²) in [6.45, 7) is 3.41. The van der Waals surface area contributed by atoms with Crippen molar-refractivity contribution >= 4 is 0 Å². The van der Waals surface area contributed by atoms with E-state index in [1.54, 1.807) is 0 Å². The van der Waals surface area contributed by atoms with Gasteiger partial charge in [0.15, 0.2) is 0 Å². The molecule has 2 nitrogen and oxygen atoms in total. The summed E-state index contributed by atoms with van der Waals surface area (Å²) in [5, 5.41) is 3.27. The predicted molar refractivity (Wildman–Crippen MR) is 67.6 cm³/mol. The highest BCUT2D eigenvalue weighted by atomic mass is 19.4. The number of nitrogens with one attached hydrogen (secondary N) is 1. The molecule has 2 atom stereocenters. The van der Waals surface area contributed by atoms with Crippen molar-refractivity contribution in [1.82, 2.24) is 10.2 Å². The Labute approximate surface area is 108 Å². The molecule has 0 aromatic heterocycles. The quantitative estimate of drug-likeness (QED) is 0.795. The normalized spacial score (nSPS) is 25.3. The van der Waals surface area contributed by atoms with Crippen molar-refractivity contribution in [2.24, 2.45) is 5.92 Å². The third kappa shape index (κ3) is 5.14. The zero-order chi connectivity index (χ0) is 13.8. The molecule has 5 heteroatoms. The molecule has 0 radical (unpaired) electrons. The van der Waals surface area contributed by atoms with Crippen LogP contribution in [-0.2, 0) is 0 Å². The molecule has 108 valence electrons. The van der Waals surface area contributed by atoms with Gasteiger partial charge in [0.05, 0.1) is 6.54 Å². The van der Waals surface area contributed by atoms with Crippen molar-refractivity contribution in [1.29, 1.82) is 0 Å². The van der Waals surface area contributed by atoms with Crippen molar-refractivity contribution in [2.75, 3.05) is 20.1 Å². The Morgan fingerprint density at radius 2 is 1.94 bits per heavy atom. The minimum atomic E-state index is -4.09. The van der Waals surface area contributed by atoms with Crippen LogP contribution in [0.25, 0.3) is 0 Å². The topological polar surface area (TPSA) is 15.3 Å². The molecule has 0 amide bonds. The van der Waals surface area contributed by atoms with E-state index in [2.05, 4.69) is 5.32 Å². The SMILES string of the molecule is CNC1CCCC1CCN(CC(F)(F)F)C(C)C. The van der Waals surface area contributed by atoms with Crippen LogP contribution in [0.4, 0.5) is 13.2 Å². The van der Waals surface area contributed by atoms with E-state index in [1.807, 2.05) is 20.9 Å². The van der Waals surface area contributed by atoms with Crippen LogP contribution < -0.4 is 5.32 Å². The van der Waals surface area contributed by atoms with E-state index in [9.17, 15) is 13.2 Å². The van der Waals surface area contributed by atoms with Crippen LogP contribution in [0.3, 0.4) is 0 Å². The molecule has 0 spiro atoms. The van der Waals surface area contributed by atoms with Gasteiger partial charge in [0.25, 0.3) is 0 Å². The molecule has 0 heterocycles. The van der Waals surface area contributed by atoms with Gasteiger partial charge in [0.1, 0.15) is 0 Å². The molecule has 0 aromatic carbocycles. The van der Waals surface area contributed by atoms with Gasteiger partial charge in [0, 0.05) is 12.1 Å². The molecule has 0 bridgehead atoms. The van der Waals surface area contributed by atoms with Gasteiger partial charge in [-0.25, -0.2) is 0 Å². The number of alkyl halides is 3. The van der Waals surface area contributed by atoms with Crippen molar-refractivity contribution < 1.29 is 13.2 Å². The number of rotatable bonds is 6. The first-order valence-electron chi connectivity index (χ1n) is 6.81. The van der Waals surface area contributed by atoms with Crippen LogP contribution >= 0.6 is 0 Å². The molecule has 2 unspecified atom stereocenters. The molecule has 1 N–H and O–H groups in total. The minimum Gasteiger partial charge on any atom is -0.317 e. The molecule has 1 rings (SSSR count). The fourth-order valence-corrected chi connectivity index (χ4v) is 2.84. The van der Waals surface area contributed by atoms with Gasteiger partial charge in [-0.2, -0.15) is 13.2 Å². The maximum atomic E-state index is 12.5. The summed E-state index contributed by atoms with van der Waals surface area (Å²) >= 11 is 0. The van der Waals surface area contributed by atoms with Crippen molar-refractivity contribution in [3.63, 3.8) is 0 Å². The van der Waals surface area contributed by atoms with E-state index in [-0.39, 0.29) is 6.04 Å². The Balaban J connectivity index is 2.42. The predicted octanol–water partition coefficient (Wildman–Crippen LogP) is 3.04. The lowest BCUT2D eigenvalue weighted by molar-refractivity contribution is -0.150. The molecular weight excluding hydrogens is 241 g/mol. The maximum absolute atomic E-state index is 12.5. The fourth-order valence-electron chi connectivity index (χ4n) is 2.84. The zero-order valence-electron chi connectivity index (χ0n) is 11.6. The minimum absolute atomic E-state index is 0.0546. The first kappa shape index (κ1) is 15.8. The molecule has 1 saturated carbocycles. The standard InChI is InChI=1S/C13H25F3N2/c1-10(2)18(9-13(14,15)16)8-7-11-5-4-6-12(11)17-3/h10-12,17H,4-9H2,1-3H3. The molecule has 18 heavy (non-hydrogen) atoms. The first-order valence-corrected chi connectivity index (χ1v) is 6.81. The second kappa shape index (κ2) is 6.75. The summed E-state index contributed by atoms with van der Waals surface area (Å²) in [7, 11) is 1.94. The lowest BCUT2D eigenvalue weighted by Crippen LogP contribution is -2.41. The van der Waals surface area contributed by atoms with Gasteiger partial charge in [-0.15, -0.1) is 0 Å². The Kier molecular flexibility index (Phi) is 5.92. The van der Waals surface area contributed by atoms with E-state index in [1.165, 1.54) is 11.3 Å². The van der Waals surface area contributed by atoms with Crippen LogP contribution in [0.1, 0.15) is 39.5 Å². The molecule has 0 aliphatic heterocycles. The largest absolute Gasteiger partial charge is 0.401 e. The average molecular weight is 266 g/mol. The van der Waals surface area contributed by atoms with Crippen LogP contribution in [0.5, 0.6) is 0 Å². The molecule has 1 fully saturated rings. The highest BCUT2D eigenvalue weighted by Crippen LogP contribution is 2.29. The van der Waals surface area contributed by atoms with E-state index >= 15 is 0 Å². The van der Waals surface area contributed by atoms with Crippen molar-refractivity contribution in [3.8, 4) is 0 Å². The van der Waals surface area contributed by atoms with E-state index < -0.39 is 12.7 Å². The second-order valence-electron chi connectivity index (χ2n) is 5.55. The number of hydrogen-bond acceptors (Lipinski definition) is 2. The summed E-state index contributed by atoms with van der Waals surface area (Å²) in [5.41, 5.74) is 0. The Hall–Kier alpha value is -0.290. The molecule has 1 aliphatic rings. The van der Waals surface area contributed by atoms with Crippen LogP contribution in [0, 0.1) is 5.92 Å². The summed E-state index contributed by atoms with van der Waals surface area (Å²) in [5.74, 6) is 0.532. The van der Waals surface area contributed by atoms with Gasteiger partial charge in [-0.05, 0) is 52.6 Å². The fraction of sp³-hybridized carbons (Fsp3) is 1.00. The van der Waals surface area contributed by atoms with Gasteiger partial charge in [0.2, 0.25) is 0 Å². The lowest BCUT2D eigenvalue weighted by Gasteiger charge is -2.29. The lowest BCUT2D eigenvalue weighted by atomic mass is 9.99. The van der Waals surface area contributed by atoms with Crippen LogP contribution in [-0.4, -0.2) is 43.3 Å². The summed E-state index contributed by atoms with van der Waals surface area (Å²) < 4.78 is 37.4. The second-order valence-corrected chi connectivity index (χ2v) is 5.55. The number of hydrogen-bond donors (Lipinski definition) is 1. The van der Waals surface area contributed by atoms with E-state index in [4.69, 9.17) is 0 Å². The Morgan fingerprint density at radius 1 is 1.28 bits per heavy atom. The highest BCUT2D eigenvalue weighted by Gasteiger charge is 2.33. The summed E-state index contributed by atoms with van der Waals surface area (Å²) in [4.78, 5) is 1.53. The third-order valence-corrected chi connectivity index (χ3v) is 3.93. The molecule has 0 saturated heterocycles. The summed E-state index contributed by atoms with van der Waals surface area (Å²) in [6, 6.07) is 0.436. The van der Waals surface area contributed by atoms with E-state index in [0.29, 0.717) is 18.5 Å².